The molecular formula is C31H32N4O6. The Balaban J connectivity index is 1.47. The molecule has 41 heavy (non-hydrogen) atoms. The van der Waals surface area contributed by atoms with Gasteiger partial charge >= 0.3 is 5.69 Å². The second kappa shape index (κ2) is 12.6. The summed E-state index contributed by atoms with van der Waals surface area (Å²) in [4.78, 5) is 53.3. The predicted octanol–water partition coefficient (Wildman–Crippen LogP) is 2.96. The Morgan fingerprint density at radius 2 is 1.78 bits per heavy atom. The zero-order valence-corrected chi connectivity index (χ0v) is 22.8. The smallest absolute Gasteiger partial charge is 0.332 e. The molecule has 1 aliphatic rings. The average Bonchev–Trinajstić information content (AvgIpc) is 3.51. The summed E-state index contributed by atoms with van der Waals surface area (Å²) in [5, 5.41) is 5.89. The molecule has 4 aromatic rings. The average molecular weight is 557 g/mol. The fourth-order valence-electron chi connectivity index (χ4n) is 5.01. The van der Waals surface area contributed by atoms with Crippen molar-refractivity contribution in [3.05, 3.63) is 105 Å². The van der Waals surface area contributed by atoms with Crippen molar-refractivity contribution in [3.63, 3.8) is 0 Å². The molecule has 0 aliphatic carbocycles. The van der Waals surface area contributed by atoms with Gasteiger partial charge in [-0.15, -0.1) is 0 Å². The number of aromatic nitrogens is 2. The number of para-hydroxylation sites is 2. The minimum absolute atomic E-state index is 0.0868. The van der Waals surface area contributed by atoms with E-state index < -0.39 is 17.2 Å². The monoisotopic (exact) mass is 556 g/mol. The molecule has 1 saturated heterocycles. The molecule has 10 heteroatoms. The van der Waals surface area contributed by atoms with Crippen LogP contribution < -0.4 is 26.6 Å². The molecule has 2 N–H and O–H groups in total. The predicted molar refractivity (Wildman–Crippen MR) is 156 cm³/mol. The first-order valence-electron chi connectivity index (χ1n) is 13.6. The highest BCUT2D eigenvalue weighted by Gasteiger charge is 2.22. The van der Waals surface area contributed by atoms with Crippen LogP contribution in [0.3, 0.4) is 0 Å². The lowest BCUT2D eigenvalue weighted by atomic mass is 10.1. The van der Waals surface area contributed by atoms with E-state index in [1.165, 1.54) is 23.8 Å². The van der Waals surface area contributed by atoms with Gasteiger partial charge in [-0.05, 0) is 55.2 Å². The third-order valence-corrected chi connectivity index (χ3v) is 7.12. The summed E-state index contributed by atoms with van der Waals surface area (Å²) in [6, 6.07) is 21.3. The number of nitrogens with zero attached hydrogens (tertiary/aromatic N) is 2. The molecule has 0 bridgehead atoms. The summed E-state index contributed by atoms with van der Waals surface area (Å²) in [7, 11) is 1.50. The highest BCUT2D eigenvalue weighted by Crippen LogP contribution is 2.23. The van der Waals surface area contributed by atoms with Crippen LogP contribution in [0.5, 0.6) is 5.75 Å². The molecular weight excluding hydrogens is 524 g/mol. The number of hydrogen-bond donors (Lipinski definition) is 2. The van der Waals surface area contributed by atoms with Crippen LogP contribution >= 0.6 is 0 Å². The van der Waals surface area contributed by atoms with E-state index in [9.17, 15) is 19.2 Å². The van der Waals surface area contributed by atoms with Crippen molar-refractivity contribution in [2.45, 2.75) is 38.5 Å². The van der Waals surface area contributed by atoms with Crippen LogP contribution in [0.2, 0.25) is 0 Å². The van der Waals surface area contributed by atoms with Gasteiger partial charge in [0.2, 0.25) is 5.91 Å². The largest absolute Gasteiger partial charge is 0.495 e. The van der Waals surface area contributed by atoms with E-state index in [0.29, 0.717) is 31.0 Å². The number of fused-ring (bicyclic) bond motifs is 1. The zero-order valence-electron chi connectivity index (χ0n) is 22.8. The van der Waals surface area contributed by atoms with Crippen LogP contribution in [-0.2, 0) is 29.0 Å². The molecule has 0 saturated carbocycles. The van der Waals surface area contributed by atoms with Gasteiger partial charge in [-0.25, -0.2) is 4.79 Å². The van der Waals surface area contributed by atoms with E-state index in [1.54, 1.807) is 30.3 Å². The van der Waals surface area contributed by atoms with E-state index in [4.69, 9.17) is 9.47 Å². The number of nitrogens with one attached hydrogen (secondary N) is 2. The Labute approximate surface area is 236 Å². The van der Waals surface area contributed by atoms with E-state index in [-0.39, 0.29) is 41.6 Å². The van der Waals surface area contributed by atoms with Gasteiger partial charge in [0.15, 0.2) is 0 Å². The van der Waals surface area contributed by atoms with Gasteiger partial charge in [-0.3, -0.25) is 23.5 Å². The van der Waals surface area contributed by atoms with Crippen molar-refractivity contribution in [3.8, 4) is 5.75 Å². The number of carbonyl (C=O) groups is 2. The molecule has 1 atom stereocenters. The van der Waals surface area contributed by atoms with Gasteiger partial charge in [0.1, 0.15) is 12.3 Å². The molecule has 0 radical (unpaired) electrons. The van der Waals surface area contributed by atoms with Crippen molar-refractivity contribution < 1.29 is 19.1 Å². The maximum atomic E-state index is 13.7. The first-order valence-corrected chi connectivity index (χ1v) is 13.6. The highest BCUT2D eigenvalue weighted by molar-refractivity contribution is 5.98. The number of methoxy groups -OCH3 is 1. The Bertz CT molecular complexity index is 1670. The first-order chi connectivity index (χ1) is 19.9. The zero-order chi connectivity index (χ0) is 28.8. The van der Waals surface area contributed by atoms with Crippen molar-refractivity contribution >= 4 is 28.4 Å². The van der Waals surface area contributed by atoms with Gasteiger partial charge in [0, 0.05) is 18.7 Å². The van der Waals surface area contributed by atoms with Crippen molar-refractivity contribution in [1.29, 1.82) is 0 Å². The Hall–Kier alpha value is -4.70. The lowest BCUT2D eigenvalue weighted by Gasteiger charge is -2.17. The maximum Gasteiger partial charge on any atom is 0.332 e. The normalized spacial score (nSPS) is 14.6. The summed E-state index contributed by atoms with van der Waals surface area (Å²) >= 11 is 0. The van der Waals surface area contributed by atoms with Crippen molar-refractivity contribution in [2.24, 2.45) is 0 Å². The fourth-order valence-corrected chi connectivity index (χ4v) is 5.01. The topological polar surface area (TPSA) is 121 Å². The quantitative estimate of drug-likeness (QED) is 0.310. The summed E-state index contributed by atoms with van der Waals surface area (Å²) in [6.45, 7) is 0.699. The van der Waals surface area contributed by atoms with Crippen LogP contribution in [0.4, 0.5) is 5.69 Å². The second-order valence-electron chi connectivity index (χ2n) is 9.89. The second-order valence-corrected chi connectivity index (χ2v) is 9.89. The van der Waals surface area contributed by atoms with Gasteiger partial charge in [0.05, 0.1) is 36.3 Å². The fraction of sp³-hybridized carbons (Fsp3) is 0.290. The number of rotatable bonds is 10. The lowest BCUT2D eigenvalue weighted by Crippen LogP contribution is -2.43. The van der Waals surface area contributed by atoms with Crippen LogP contribution in [0, 0.1) is 0 Å². The molecule has 212 valence electrons. The number of anilines is 1. The molecule has 10 nitrogen and oxygen atoms in total. The van der Waals surface area contributed by atoms with Crippen LogP contribution in [0.25, 0.3) is 10.9 Å². The summed E-state index contributed by atoms with van der Waals surface area (Å²) in [5.41, 5.74) is 0.888. The molecule has 0 unspecified atom stereocenters. The van der Waals surface area contributed by atoms with E-state index in [2.05, 4.69) is 10.6 Å². The molecule has 1 aliphatic heterocycles. The van der Waals surface area contributed by atoms with Crippen LogP contribution in [-0.4, -0.2) is 47.3 Å². The minimum Gasteiger partial charge on any atom is -0.495 e. The standard InChI is InChI=1S/C31H32N4O6/c1-40-27-12-6-5-11-25(27)33-28(36)20-34-26-18-22(29(37)32-16-15-21-8-3-2-4-9-21)13-14-24(26)30(38)35(31(34)39)19-23-10-7-17-41-23/h2-6,8-9,11-14,18,23H,7,10,15-17,19-20H2,1H3,(H,32,37)(H,33,36)/t23-/m0/s1. The highest BCUT2D eigenvalue weighted by atomic mass is 16.5. The summed E-state index contributed by atoms with van der Waals surface area (Å²) < 4.78 is 13.3. The molecule has 0 spiro atoms. The van der Waals surface area contributed by atoms with E-state index >= 15 is 0 Å². The summed E-state index contributed by atoms with van der Waals surface area (Å²) in [5.74, 6) is -0.363. The van der Waals surface area contributed by atoms with E-state index in [0.717, 1.165) is 23.0 Å². The number of ether oxygens (including phenoxy) is 2. The van der Waals surface area contributed by atoms with Gasteiger partial charge < -0.3 is 20.1 Å². The Morgan fingerprint density at radius 3 is 2.54 bits per heavy atom. The number of hydrogen-bond acceptors (Lipinski definition) is 6. The maximum absolute atomic E-state index is 13.7. The molecule has 1 aromatic heterocycles. The van der Waals surface area contributed by atoms with Crippen molar-refractivity contribution in [1.82, 2.24) is 14.5 Å². The lowest BCUT2D eigenvalue weighted by molar-refractivity contribution is -0.116. The van der Waals surface area contributed by atoms with Gasteiger partial charge in [-0.2, -0.15) is 0 Å². The number of benzene rings is 3. The van der Waals surface area contributed by atoms with Gasteiger partial charge in [0.25, 0.3) is 11.5 Å². The van der Waals surface area contributed by atoms with Gasteiger partial charge in [-0.1, -0.05) is 42.5 Å². The van der Waals surface area contributed by atoms with Crippen molar-refractivity contribution in [2.75, 3.05) is 25.6 Å². The van der Waals surface area contributed by atoms with Crippen LogP contribution in [0.15, 0.2) is 82.4 Å². The Morgan fingerprint density at radius 1 is 1.00 bits per heavy atom. The Kier molecular flexibility index (Phi) is 8.59. The first kappa shape index (κ1) is 27.9. The molecule has 2 amide bonds. The number of carbonyl (C=O) groups excluding carboxylic acids is 2. The third-order valence-electron chi connectivity index (χ3n) is 7.12. The SMILES string of the molecule is COc1ccccc1NC(=O)Cn1c(=O)n(C[C@@H]2CCCO2)c(=O)c2ccc(C(=O)NCCc3ccccc3)cc21. The molecule has 2 heterocycles. The molecule has 1 fully saturated rings. The minimum atomic E-state index is -0.644. The summed E-state index contributed by atoms with van der Waals surface area (Å²) in [6.07, 6.45) is 1.98. The molecule has 5 rings (SSSR count). The third kappa shape index (κ3) is 6.38. The molecule has 3 aromatic carbocycles. The van der Waals surface area contributed by atoms with E-state index in [1.807, 2.05) is 30.3 Å². The number of amides is 2. The van der Waals surface area contributed by atoms with Crippen LogP contribution in [0.1, 0.15) is 28.8 Å².